The number of amides is 1. The lowest BCUT2D eigenvalue weighted by Gasteiger charge is -2.14. The van der Waals surface area contributed by atoms with Crippen LogP contribution < -0.4 is 5.32 Å². The van der Waals surface area contributed by atoms with Crippen LogP contribution >= 0.6 is 22.7 Å². The van der Waals surface area contributed by atoms with Gasteiger partial charge in [0.2, 0.25) is 0 Å². The molecule has 4 rings (SSSR count). The predicted molar refractivity (Wildman–Crippen MR) is 99.0 cm³/mol. The summed E-state index contributed by atoms with van der Waals surface area (Å²) in [6.45, 7) is 0.511. The number of carbonyl (C=O) groups is 1. The van der Waals surface area contributed by atoms with Crippen LogP contribution in [0.1, 0.15) is 26.9 Å². The molecule has 0 aliphatic heterocycles. The van der Waals surface area contributed by atoms with E-state index in [-0.39, 0.29) is 11.8 Å². The van der Waals surface area contributed by atoms with E-state index in [2.05, 4.69) is 16.8 Å². The van der Waals surface area contributed by atoms with Crippen molar-refractivity contribution in [1.29, 1.82) is 0 Å². The number of hydrogen-bond donors (Lipinski definition) is 1. The molecule has 1 atom stereocenters. The molecule has 3 nitrogen and oxygen atoms in total. The number of nitrogens with one attached hydrogen (secondary N) is 1. The molecule has 5 heteroatoms. The molecule has 3 heterocycles. The molecule has 0 saturated carbocycles. The molecule has 3 aromatic heterocycles. The molecule has 1 aromatic carbocycles. The van der Waals surface area contributed by atoms with Crippen molar-refractivity contribution in [3.8, 4) is 0 Å². The summed E-state index contributed by atoms with van der Waals surface area (Å²) in [5, 5.41) is 8.29. The lowest BCUT2D eigenvalue weighted by molar-refractivity contribution is 0.0956. The van der Waals surface area contributed by atoms with E-state index in [1.165, 1.54) is 11.3 Å². The minimum Gasteiger partial charge on any atom is -0.469 e. The summed E-state index contributed by atoms with van der Waals surface area (Å²) in [5.41, 5.74) is 1.16. The van der Waals surface area contributed by atoms with Crippen LogP contribution in [-0.4, -0.2) is 12.5 Å². The van der Waals surface area contributed by atoms with E-state index < -0.39 is 0 Å². The molecule has 1 unspecified atom stereocenters. The van der Waals surface area contributed by atoms with Gasteiger partial charge in [0.1, 0.15) is 5.76 Å². The van der Waals surface area contributed by atoms with E-state index >= 15 is 0 Å². The zero-order valence-electron chi connectivity index (χ0n) is 12.8. The standard InChI is InChI=1S/C19H15NO2S2/c21-19(18-10-13-4-1-2-6-17(13)24-18)20-11-15(14-7-9-23-12-14)16-5-3-8-22-16/h1-10,12,15H,11H2,(H,20,21). The maximum absolute atomic E-state index is 12.5. The predicted octanol–water partition coefficient (Wildman–Crippen LogP) is 5.12. The molecule has 24 heavy (non-hydrogen) atoms. The van der Waals surface area contributed by atoms with Crippen molar-refractivity contribution in [2.24, 2.45) is 0 Å². The van der Waals surface area contributed by atoms with Gasteiger partial charge >= 0.3 is 0 Å². The van der Waals surface area contributed by atoms with Gasteiger partial charge in [-0.15, -0.1) is 11.3 Å². The van der Waals surface area contributed by atoms with Gasteiger partial charge in [0.25, 0.3) is 5.91 Å². The summed E-state index contributed by atoms with van der Waals surface area (Å²) in [5.74, 6) is 0.859. The first-order chi connectivity index (χ1) is 11.8. The summed E-state index contributed by atoms with van der Waals surface area (Å²) in [7, 11) is 0. The van der Waals surface area contributed by atoms with Crippen LogP contribution in [0.5, 0.6) is 0 Å². The third-order valence-electron chi connectivity index (χ3n) is 3.95. The highest BCUT2D eigenvalue weighted by Gasteiger charge is 2.19. The molecule has 0 fully saturated rings. The van der Waals surface area contributed by atoms with Crippen molar-refractivity contribution in [2.45, 2.75) is 5.92 Å². The number of carbonyl (C=O) groups excluding carboxylic acids is 1. The lowest BCUT2D eigenvalue weighted by atomic mass is 9.99. The van der Waals surface area contributed by atoms with E-state index in [9.17, 15) is 4.79 Å². The molecule has 0 saturated heterocycles. The summed E-state index contributed by atoms with van der Waals surface area (Å²) in [6.07, 6.45) is 1.67. The quantitative estimate of drug-likeness (QED) is 0.541. The molecule has 120 valence electrons. The molecular weight excluding hydrogens is 338 g/mol. The Balaban J connectivity index is 1.52. The third-order valence-corrected chi connectivity index (χ3v) is 5.76. The van der Waals surface area contributed by atoms with Gasteiger partial charge in [0.15, 0.2) is 0 Å². The second kappa shape index (κ2) is 6.63. The van der Waals surface area contributed by atoms with Gasteiger partial charge in [-0.3, -0.25) is 4.79 Å². The number of thiophene rings is 2. The Labute approximate surface area is 147 Å². The van der Waals surface area contributed by atoms with Gasteiger partial charge in [0, 0.05) is 11.2 Å². The fourth-order valence-electron chi connectivity index (χ4n) is 2.72. The lowest BCUT2D eigenvalue weighted by Crippen LogP contribution is -2.28. The molecule has 0 aliphatic rings. The fraction of sp³-hybridized carbons (Fsp3) is 0.105. The third kappa shape index (κ3) is 3.00. The highest BCUT2D eigenvalue weighted by Crippen LogP contribution is 2.28. The Morgan fingerprint density at radius 3 is 2.83 bits per heavy atom. The number of hydrogen-bond acceptors (Lipinski definition) is 4. The number of furan rings is 1. The molecule has 0 bridgehead atoms. The normalized spacial score (nSPS) is 12.3. The highest BCUT2D eigenvalue weighted by molar-refractivity contribution is 7.20. The van der Waals surface area contributed by atoms with Crippen LogP contribution in [0.15, 0.2) is 70.0 Å². The second-order valence-corrected chi connectivity index (χ2v) is 7.35. The Morgan fingerprint density at radius 1 is 1.17 bits per heavy atom. The molecule has 4 aromatic rings. The van der Waals surface area contributed by atoms with Crippen molar-refractivity contribution in [3.63, 3.8) is 0 Å². The van der Waals surface area contributed by atoms with Crippen LogP contribution in [0.3, 0.4) is 0 Å². The maximum Gasteiger partial charge on any atom is 0.261 e. The second-order valence-electron chi connectivity index (χ2n) is 5.48. The number of benzene rings is 1. The first-order valence-electron chi connectivity index (χ1n) is 7.63. The fourth-order valence-corrected chi connectivity index (χ4v) is 4.41. The Hall–Kier alpha value is -2.37. The van der Waals surface area contributed by atoms with Crippen LogP contribution in [0.25, 0.3) is 10.1 Å². The van der Waals surface area contributed by atoms with Crippen molar-refractivity contribution in [1.82, 2.24) is 5.32 Å². The Kier molecular flexibility index (Phi) is 4.19. The summed E-state index contributed by atoms with van der Waals surface area (Å²) >= 11 is 3.17. The Bertz CT molecular complexity index is 872. The van der Waals surface area contributed by atoms with Gasteiger partial charge in [-0.2, -0.15) is 11.3 Å². The topological polar surface area (TPSA) is 42.2 Å². The van der Waals surface area contributed by atoms with Gasteiger partial charge in [-0.25, -0.2) is 0 Å². The molecular formula is C19H15NO2S2. The average molecular weight is 353 g/mol. The van der Waals surface area contributed by atoms with E-state index in [4.69, 9.17) is 4.42 Å². The van der Waals surface area contributed by atoms with Gasteiger partial charge in [-0.05, 0) is 52.0 Å². The summed E-state index contributed by atoms with van der Waals surface area (Å²) in [4.78, 5) is 13.3. The number of rotatable bonds is 5. The molecule has 0 radical (unpaired) electrons. The van der Waals surface area contributed by atoms with Gasteiger partial charge < -0.3 is 9.73 Å². The molecule has 0 aliphatic carbocycles. The van der Waals surface area contributed by atoms with Crippen LogP contribution in [0.4, 0.5) is 0 Å². The summed E-state index contributed by atoms with van der Waals surface area (Å²) < 4.78 is 6.69. The average Bonchev–Trinajstić information content (AvgIpc) is 3.35. The van der Waals surface area contributed by atoms with Gasteiger partial charge in [-0.1, -0.05) is 18.2 Å². The monoisotopic (exact) mass is 353 g/mol. The van der Waals surface area contributed by atoms with Crippen molar-refractivity contribution < 1.29 is 9.21 Å². The first-order valence-corrected chi connectivity index (χ1v) is 9.39. The Morgan fingerprint density at radius 2 is 2.08 bits per heavy atom. The van der Waals surface area contributed by atoms with Crippen LogP contribution in [0.2, 0.25) is 0 Å². The van der Waals surface area contributed by atoms with E-state index in [0.717, 1.165) is 26.3 Å². The van der Waals surface area contributed by atoms with E-state index in [1.807, 2.05) is 47.8 Å². The van der Waals surface area contributed by atoms with Crippen molar-refractivity contribution >= 4 is 38.7 Å². The van der Waals surface area contributed by atoms with E-state index in [0.29, 0.717) is 6.54 Å². The number of fused-ring (bicyclic) bond motifs is 1. The van der Waals surface area contributed by atoms with Gasteiger partial charge in [0.05, 0.1) is 17.1 Å². The minimum absolute atomic E-state index is 0.0320. The molecule has 0 spiro atoms. The highest BCUT2D eigenvalue weighted by atomic mass is 32.1. The van der Waals surface area contributed by atoms with Crippen LogP contribution in [0, 0.1) is 0 Å². The van der Waals surface area contributed by atoms with E-state index in [1.54, 1.807) is 17.6 Å². The molecule has 1 amide bonds. The zero-order valence-corrected chi connectivity index (χ0v) is 14.4. The van der Waals surface area contributed by atoms with Crippen molar-refractivity contribution in [2.75, 3.05) is 6.54 Å². The van der Waals surface area contributed by atoms with Crippen molar-refractivity contribution in [3.05, 3.63) is 81.8 Å². The molecule has 1 N–H and O–H groups in total. The minimum atomic E-state index is -0.0389. The largest absolute Gasteiger partial charge is 0.469 e. The SMILES string of the molecule is O=C(NCC(c1ccsc1)c1ccco1)c1cc2ccccc2s1. The first kappa shape index (κ1) is 15.2. The summed E-state index contributed by atoms with van der Waals surface area (Å²) in [6, 6.07) is 15.9. The zero-order chi connectivity index (χ0) is 16.4. The maximum atomic E-state index is 12.5. The smallest absolute Gasteiger partial charge is 0.261 e. The van der Waals surface area contributed by atoms with Crippen LogP contribution in [-0.2, 0) is 0 Å².